The van der Waals surface area contributed by atoms with Gasteiger partial charge in [-0.15, -0.1) is 0 Å². The molecule has 3 rings (SSSR count). The summed E-state index contributed by atoms with van der Waals surface area (Å²) in [6.45, 7) is 7.02. The highest BCUT2D eigenvalue weighted by atomic mass is 19.1. The zero-order valence-electron chi connectivity index (χ0n) is 17.7. The topological polar surface area (TPSA) is 75.9 Å². The largest absolute Gasteiger partial charge is 0.444 e. The number of ether oxygens (including phenoxy) is 1. The van der Waals surface area contributed by atoms with Crippen LogP contribution in [0.1, 0.15) is 46.5 Å². The van der Waals surface area contributed by atoms with Crippen molar-refractivity contribution in [3.8, 4) is 0 Å². The molecule has 0 unspecified atom stereocenters. The Hall–Kier alpha value is -2.45. The van der Waals surface area contributed by atoms with Crippen LogP contribution in [0.25, 0.3) is 0 Å². The monoisotopic (exact) mass is 425 g/mol. The summed E-state index contributed by atoms with van der Waals surface area (Å²) in [6, 6.07) is 3.62. The SMILES string of the molecule is CC(C)(C)OC(=O)N1CCC(F)(C2CCN(c3ccc([N+](=O)[O-])cc3F)CC2)CC1. The van der Waals surface area contributed by atoms with E-state index in [1.165, 1.54) is 12.1 Å². The molecular formula is C21H29F2N3O4. The maximum absolute atomic E-state index is 15.6. The van der Waals surface area contributed by atoms with Crippen molar-refractivity contribution in [2.24, 2.45) is 5.92 Å². The van der Waals surface area contributed by atoms with Crippen LogP contribution in [0.15, 0.2) is 18.2 Å². The van der Waals surface area contributed by atoms with Crippen molar-refractivity contribution in [1.29, 1.82) is 0 Å². The lowest BCUT2D eigenvalue weighted by Crippen LogP contribution is -2.51. The van der Waals surface area contributed by atoms with Crippen LogP contribution >= 0.6 is 0 Å². The predicted octanol–water partition coefficient (Wildman–Crippen LogP) is 4.69. The predicted molar refractivity (Wildman–Crippen MR) is 109 cm³/mol. The molecule has 30 heavy (non-hydrogen) atoms. The van der Waals surface area contributed by atoms with Gasteiger partial charge in [0.25, 0.3) is 5.69 Å². The lowest BCUT2D eigenvalue weighted by molar-refractivity contribution is -0.385. The number of amides is 1. The van der Waals surface area contributed by atoms with Gasteiger partial charge < -0.3 is 14.5 Å². The molecule has 0 atom stereocenters. The second kappa shape index (κ2) is 8.35. The van der Waals surface area contributed by atoms with Crippen LogP contribution in [0.3, 0.4) is 0 Å². The Balaban J connectivity index is 1.55. The number of nitrogens with zero attached hydrogens (tertiary/aromatic N) is 3. The molecule has 1 aromatic carbocycles. The van der Waals surface area contributed by atoms with Crippen LogP contribution in [0, 0.1) is 21.8 Å². The first kappa shape index (κ1) is 22.2. The van der Waals surface area contributed by atoms with Crippen molar-refractivity contribution in [3.63, 3.8) is 0 Å². The van der Waals surface area contributed by atoms with E-state index in [2.05, 4.69) is 0 Å². The van der Waals surface area contributed by atoms with E-state index >= 15 is 4.39 Å². The zero-order valence-corrected chi connectivity index (χ0v) is 17.7. The van der Waals surface area contributed by atoms with E-state index in [1.54, 1.807) is 25.7 Å². The van der Waals surface area contributed by atoms with Crippen LogP contribution in [0.5, 0.6) is 0 Å². The molecule has 2 fully saturated rings. The second-order valence-corrected chi connectivity index (χ2v) is 9.16. The summed E-state index contributed by atoms with van der Waals surface area (Å²) < 4.78 is 35.3. The Morgan fingerprint density at radius 1 is 1.20 bits per heavy atom. The quantitative estimate of drug-likeness (QED) is 0.519. The van der Waals surface area contributed by atoms with Gasteiger partial charge in [0.2, 0.25) is 0 Å². The fourth-order valence-corrected chi connectivity index (χ4v) is 4.30. The molecule has 2 aliphatic rings. The zero-order chi connectivity index (χ0) is 22.1. The van der Waals surface area contributed by atoms with Crippen LogP contribution in [-0.2, 0) is 4.74 Å². The van der Waals surface area contributed by atoms with Gasteiger partial charge in [0, 0.05) is 32.2 Å². The molecule has 0 aromatic heterocycles. The summed E-state index contributed by atoms with van der Waals surface area (Å²) in [5.41, 5.74) is -1.91. The number of carbonyl (C=O) groups is 1. The highest BCUT2D eigenvalue weighted by Gasteiger charge is 2.44. The average Bonchev–Trinajstić information content (AvgIpc) is 2.67. The van der Waals surface area contributed by atoms with E-state index in [-0.39, 0.29) is 24.4 Å². The van der Waals surface area contributed by atoms with Crippen molar-refractivity contribution in [2.45, 2.75) is 57.7 Å². The first-order valence-electron chi connectivity index (χ1n) is 10.3. The van der Waals surface area contributed by atoms with Gasteiger partial charge in [-0.3, -0.25) is 10.1 Å². The third-order valence-corrected chi connectivity index (χ3v) is 5.96. The van der Waals surface area contributed by atoms with Crippen molar-refractivity contribution < 1.29 is 23.2 Å². The van der Waals surface area contributed by atoms with Gasteiger partial charge in [0.15, 0.2) is 5.82 Å². The summed E-state index contributed by atoms with van der Waals surface area (Å²) in [6.07, 6.45) is 1.26. The molecule has 0 saturated carbocycles. The van der Waals surface area contributed by atoms with Crippen LogP contribution in [0.4, 0.5) is 25.0 Å². The van der Waals surface area contributed by atoms with Crippen LogP contribution in [-0.4, -0.2) is 53.4 Å². The second-order valence-electron chi connectivity index (χ2n) is 9.16. The number of nitro benzene ring substituents is 1. The highest BCUT2D eigenvalue weighted by molar-refractivity contribution is 5.68. The van der Waals surface area contributed by atoms with E-state index in [0.717, 1.165) is 6.07 Å². The van der Waals surface area contributed by atoms with Gasteiger partial charge in [-0.25, -0.2) is 13.6 Å². The van der Waals surface area contributed by atoms with E-state index in [9.17, 15) is 19.3 Å². The average molecular weight is 425 g/mol. The number of alkyl halides is 1. The molecule has 1 amide bonds. The van der Waals surface area contributed by atoms with Gasteiger partial charge in [-0.05, 0) is 58.4 Å². The first-order valence-corrected chi connectivity index (χ1v) is 10.3. The van der Waals surface area contributed by atoms with Crippen molar-refractivity contribution in [3.05, 3.63) is 34.1 Å². The molecule has 2 heterocycles. The minimum Gasteiger partial charge on any atom is -0.444 e. The number of anilines is 1. The number of likely N-dealkylation sites (tertiary alicyclic amines) is 1. The third-order valence-electron chi connectivity index (χ3n) is 5.96. The Morgan fingerprint density at radius 2 is 1.80 bits per heavy atom. The van der Waals surface area contributed by atoms with E-state index in [4.69, 9.17) is 4.74 Å². The van der Waals surface area contributed by atoms with Gasteiger partial charge >= 0.3 is 6.09 Å². The minimum absolute atomic E-state index is 0.157. The smallest absolute Gasteiger partial charge is 0.410 e. The van der Waals surface area contributed by atoms with E-state index < -0.39 is 28.1 Å². The summed E-state index contributed by atoms with van der Waals surface area (Å²) >= 11 is 0. The number of halogens is 2. The fourth-order valence-electron chi connectivity index (χ4n) is 4.30. The minimum atomic E-state index is -1.35. The lowest BCUT2D eigenvalue weighted by Gasteiger charge is -2.44. The molecule has 0 spiro atoms. The summed E-state index contributed by atoms with van der Waals surface area (Å²) in [4.78, 5) is 25.7. The number of non-ortho nitro benzene ring substituents is 1. The summed E-state index contributed by atoms with van der Waals surface area (Å²) in [5, 5.41) is 10.8. The molecule has 2 aliphatic heterocycles. The maximum atomic E-state index is 15.6. The Bertz CT molecular complexity index is 796. The number of hydrogen-bond acceptors (Lipinski definition) is 5. The molecule has 9 heteroatoms. The normalized spacial score (nSPS) is 20.2. The molecular weight excluding hydrogens is 396 g/mol. The summed E-state index contributed by atoms with van der Waals surface area (Å²) in [7, 11) is 0. The van der Waals surface area contributed by atoms with E-state index in [0.29, 0.717) is 44.7 Å². The van der Waals surface area contributed by atoms with Crippen molar-refractivity contribution in [1.82, 2.24) is 4.90 Å². The standard InChI is InChI=1S/C21H29F2N3O4/c1-20(2,3)30-19(27)25-12-8-21(23,9-13-25)15-6-10-24(11-7-15)18-5-4-16(26(28)29)14-17(18)22/h4-5,14-15H,6-13H2,1-3H3. The van der Waals surface area contributed by atoms with Crippen molar-refractivity contribution in [2.75, 3.05) is 31.1 Å². The van der Waals surface area contributed by atoms with Gasteiger partial charge in [0.1, 0.15) is 11.3 Å². The maximum Gasteiger partial charge on any atom is 0.410 e. The molecule has 7 nitrogen and oxygen atoms in total. The Morgan fingerprint density at radius 3 is 2.30 bits per heavy atom. The van der Waals surface area contributed by atoms with Crippen LogP contribution < -0.4 is 4.90 Å². The van der Waals surface area contributed by atoms with Gasteiger partial charge in [-0.1, -0.05) is 0 Å². The molecule has 0 N–H and O–H groups in total. The fraction of sp³-hybridized carbons (Fsp3) is 0.667. The van der Waals surface area contributed by atoms with Gasteiger partial charge in [0.05, 0.1) is 16.7 Å². The lowest BCUT2D eigenvalue weighted by atomic mass is 9.76. The number of carbonyl (C=O) groups excluding carboxylic acids is 1. The molecule has 2 saturated heterocycles. The Kier molecular flexibility index (Phi) is 6.19. The first-order chi connectivity index (χ1) is 14.0. The highest BCUT2D eigenvalue weighted by Crippen LogP contribution is 2.41. The number of benzene rings is 1. The molecule has 0 radical (unpaired) electrons. The van der Waals surface area contributed by atoms with Crippen LogP contribution in [0.2, 0.25) is 0 Å². The number of nitro groups is 1. The number of rotatable bonds is 3. The Labute approximate surface area is 175 Å². The third kappa shape index (κ3) is 4.99. The molecule has 166 valence electrons. The number of piperidine rings is 2. The van der Waals surface area contributed by atoms with Gasteiger partial charge in [-0.2, -0.15) is 0 Å². The number of hydrogen-bond donors (Lipinski definition) is 0. The molecule has 0 bridgehead atoms. The van der Waals surface area contributed by atoms with E-state index in [1.807, 2.05) is 4.90 Å². The molecule has 1 aromatic rings. The summed E-state index contributed by atoms with van der Waals surface area (Å²) in [5.74, 6) is -0.793. The van der Waals surface area contributed by atoms with Crippen molar-refractivity contribution >= 4 is 17.5 Å². The molecule has 0 aliphatic carbocycles.